The third kappa shape index (κ3) is 3.85. The Morgan fingerprint density at radius 2 is 2.00 bits per heavy atom. The van der Waals surface area contributed by atoms with Crippen molar-refractivity contribution in [3.8, 4) is 0 Å². The fourth-order valence-electron chi connectivity index (χ4n) is 1.82. The SMILES string of the molecule is Cc1sc2nc(SCC(=O)OC(C)(C)C)nc(N)c2c1C. The Balaban J connectivity index is 2.15. The second kappa shape index (κ2) is 5.81. The van der Waals surface area contributed by atoms with Crippen LogP contribution in [0.5, 0.6) is 0 Å². The molecule has 0 aliphatic carbocycles. The number of thiophene rings is 1. The molecule has 0 saturated heterocycles. The van der Waals surface area contributed by atoms with Crippen LogP contribution in [0.4, 0.5) is 5.82 Å². The number of ether oxygens (including phenoxy) is 1. The van der Waals surface area contributed by atoms with Gasteiger partial charge in [-0.05, 0) is 40.2 Å². The highest BCUT2D eigenvalue weighted by molar-refractivity contribution is 7.99. The normalized spacial score (nSPS) is 11.9. The number of nitrogens with two attached hydrogens (primary N) is 1. The van der Waals surface area contributed by atoms with Crippen LogP contribution in [0.15, 0.2) is 5.16 Å². The summed E-state index contributed by atoms with van der Waals surface area (Å²) in [6.45, 7) is 9.57. The van der Waals surface area contributed by atoms with Gasteiger partial charge in [-0.25, -0.2) is 9.97 Å². The molecule has 0 radical (unpaired) electrons. The number of aromatic nitrogens is 2. The molecule has 0 amide bonds. The van der Waals surface area contributed by atoms with Crippen molar-refractivity contribution in [3.63, 3.8) is 0 Å². The molecular weight excluding hydrogens is 306 g/mol. The Kier molecular flexibility index (Phi) is 4.43. The van der Waals surface area contributed by atoms with Gasteiger partial charge in [0.1, 0.15) is 16.2 Å². The molecule has 114 valence electrons. The number of hydrogen-bond donors (Lipinski definition) is 1. The van der Waals surface area contributed by atoms with Gasteiger partial charge in [-0.2, -0.15) is 0 Å². The summed E-state index contributed by atoms with van der Waals surface area (Å²) in [7, 11) is 0. The Morgan fingerprint density at radius 1 is 1.33 bits per heavy atom. The fourth-order valence-corrected chi connectivity index (χ4v) is 3.54. The van der Waals surface area contributed by atoms with E-state index in [9.17, 15) is 4.79 Å². The lowest BCUT2D eigenvalue weighted by molar-refractivity contribution is -0.151. The van der Waals surface area contributed by atoms with E-state index in [1.54, 1.807) is 11.3 Å². The quantitative estimate of drug-likeness (QED) is 0.530. The van der Waals surface area contributed by atoms with Gasteiger partial charge in [-0.3, -0.25) is 4.79 Å². The van der Waals surface area contributed by atoms with Gasteiger partial charge in [0.2, 0.25) is 0 Å². The summed E-state index contributed by atoms with van der Waals surface area (Å²) < 4.78 is 5.26. The summed E-state index contributed by atoms with van der Waals surface area (Å²) in [4.78, 5) is 22.5. The van der Waals surface area contributed by atoms with Crippen LogP contribution in [0, 0.1) is 13.8 Å². The van der Waals surface area contributed by atoms with E-state index < -0.39 is 5.60 Å². The minimum atomic E-state index is -0.483. The Hall–Kier alpha value is -1.34. The number of esters is 1. The summed E-state index contributed by atoms with van der Waals surface area (Å²) in [5.74, 6) is 0.354. The van der Waals surface area contributed by atoms with Crippen molar-refractivity contribution < 1.29 is 9.53 Å². The maximum Gasteiger partial charge on any atom is 0.316 e. The summed E-state index contributed by atoms with van der Waals surface area (Å²) in [6, 6.07) is 0. The third-order valence-corrected chi connectivity index (χ3v) is 4.70. The van der Waals surface area contributed by atoms with Crippen LogP contribution in [0.1, 0.15) is 31.2 Å². The molecule has 0 aromatic carbocycles. The van der Waals surface area contributed by atoms with E-state index in [2.05, 4.69) is 9.97 Å². The van der Waals surface area contributed by atoms with Gasteiger partial charge < -0.3 is 10.5 Å². The van der Waals surface area contributed by atoms with Gasteiger partial charge in [0.15, 0.2) is 5.16 Å². The van der Waals surface area contributed by atoms with Gasteiger partial charge in [0.25, 0.3) is 0 Å². The fraction of sp³-hybridized carbons (Fsp3) is 0.500. The highest BCUT2D eigenvalue weighted by atomic mass is 32.2. The van der Waals surface area contributed by atoms with E-state index in [0.717, 1.165) is 15.8 Å². The molecule has 2 N–H and O–H groups in total. The number of thioether (sulfide) groups is 1. The van der Waals surface area contributed by atoms with Crippen molar-refractivity contribution in [1.82, 2.24) is 9.97 Å². The number of rotatable bonds is 3. The molecule has 0 fully saturated rings. The number of carbonyl (C=O) groups is 1. The maximum atomic E-state index is 11.7. The summed E-state index contributed by atoms with van der Waals surface area (Å²) in [6.07, 6.45) is 0. The second-order valence-electron chi connectivity index (χ2n) is 5.73. The number of hydrogen-bond acceptors (Lipinski definition) is 7. The molecule has 0 saturated carbocycles. The van der Waals surface area contributed by atoms with Crippen LogP contribution < -0.4 is 5.73 Å². The van der Waals surface area contributed by atoms with Crippen molar-refractivity contribution in [2.24, 2.45) is 0 Å². The molecule has 0 unspecified atom stereocenters. The highest BCUT2D eigenvalue weighted by Crippen LogP contribution is 2.33. The van der Waals surface area contributed by atoms with Crippen LogP contribution in [0.3, 0.4) is 0 Å². The molecule has 0 aliphatic heterocycles. The minimum absolute atomic E-state index is 0.172. The number of nitrogens with zero attached hydrogens (tertiary/aromatic N) is 2. The average Bonchev–Trinajstić information content (AvgIpc) is 2.61. The number of nitrogen functional groups attached to an aromatic ring is 1. The second-order valence-corrected chi connectivity index (χ2v) is 7.88. The molecule has 2 heterocycles. The zero-order valence-electron chi connectivity index (χ0n) is 12.8. The molecule has 0 bridgehead atoms. The van der Waals surface area contributed by atoms with E-state index in [1.165, 1.54) is 16.6 Å². The van der Waals surface area contributed by atoms with Crippen LogP contribution in [0.2, 0.25) is 0 Å². The molecule has 5 nitrogen and oxygen atoms in total. The van der Waals surface area contributed by atoms with E-state index in [4.69, 9.17) is 10.5 Å². The van der Waals surface area contributed by atoms with E-state index in [0.29, 0.717) is 11.0 Å². The summed E-state index contributed by atoms with van der Waals surface area (Å²) >= 11 is 2.83. The summed E-state index contributed by atoms with van der Waals surface area (Å²) in [5, 5.41) is 1.42. The first-order chi connectivity index (χ1) is 9.67. The number of carbonyl (C=O) groups excluding carboxylic acids is 1. The van der Waals surface area contributed by atoms with Crippen LogP contribution >= 0.6 is 23.1 Å². The molecular formula is C14H19N3O2S2. The van der Waals surface area contributed by atoms with Crippen LogP contribution in [-0.4, -0.2) is 27.3 Å². The van der Waals surface area contributed by atoms with Crippen molar-refractivity contribution in [3.05, 3.63) is 10.4 Å². The van der Waals surface area contributed by atoms with Crippen LogP contribution in [-0.2, 0) is 9.53 Å². The molecule has 2 aromatic rings. The van der Waals surface area contributed by atoms with Gasteiger partial charge in [0.05, 0.1) is 11.1 Å². The van der Waals surface area contributed by atoms with E-state index in [-0.39, 0.29) is 11.7 Å². The molecule has 7 heteroatoms. The summed E-state index contributed by atoms with van der Waals surface area (Å²) in [5.41, 5.74) is 6.64. The first-order valence-corrected chi connectivity index (χ1v) is 8.35. The lowest BCUT2D eigenvalue weighted by atomic mass is 10.2. The van der Waals surface area contributed by atoms with Gasteiger partial charge >= 0.3 is 5.97 Å². The molecule has 0 spiro atoms. The Labute approximate surface area is 132 Å². The predicted octanol–water partition coefficient (Wildman–Crippen LogP) is 3.32. The standard InChI is InChI=1S/C14H19N3O2S2/c1-7-8(2)21-12-10(7)11(15)16-13(17-12)20-6-9(18)19-14(3,4)5/h6H2,1-5H3,(H2,15,16,17). The van der Waals surface area contributed by atoms with Crippen molar-refractivity contribution in [2.75, 3.05) is 11.5 Å². The smallest absolute Gasteiger partial charge is 0.316 e. The van der Waals surface area contributed by atoms with E-state index >= 15 is 0 Å². The lowest BCUT2D eigenvalue weighted by Gasteiger charge is -2.19. The number of fused-ring (bicyclic) bond motifs is 1. The van der Waals surface area contributed by atoms with E-state index in [1.807, 2.05) is 34.6 Å². The predicted molar refractivity (Wildman–Crippen MR) is 87.9 cm³/mol. The Morgan fingerprint density at radius 3 is 2.62 bits per heavy atom. The first-order valence-electron chi connectivity index (χ1n) is 6.55. The molecule has 0 aliphatic rings. The number of anilines is 1. The molecule has 0 atom stereocenters. The van der Waals surface area contributed by atoms with Gasteiger partial charge in [-0.1, -0.05) is 11.8 Å². The minimum Gasteiger partial charge on any atom is -0.459 e. The van der Waals surface area contributed by atoms with Crippen molar-refractivity contribution in [2.45, 2.75) is 45.4 Å². The third-order valence-electron chi connectivity index (χ3n) is 2.78. The molecule has 21 heavy (non-hydrogen) atoms. The monoisotopic (exact) mass is 325 g/mol. The number of aryl methyl sites for hydroxylation is 2. The zero-order valence-corrected chi connectivity index (χ0v) is 14.4. The van der Waals surface area contributed by atoms with Crippen LogP contribution in [0.25, 0.3) is 10.2 Å². The van der Waals surface area contributed by atoms with Gasteiger partial charge in [-0.15, -0.1) is 11.3 Å². The average molecular weight is 325 g/mol. The highest BCUT2D eigenvalue weighted by Gasteiger charge is 2.18. The maximum absolute atomic E-state index is 11.7. The molecule has 2 aromatic heterocycles. The van der Waals surface area contributed by atoms with Gasteiger partial charge in [0, 0.05) is 4.88 Å². The van der Waals surface area contributed by atoms with Crippen molar-refractivity contribution >= 4 is 45.1 Å². The van der Waals surface area contributed by atoms with Crippen molar-refractivity contribution in [1.29, 1.82) is 0 Å². The Bertz CT molecular complexity index is 690. The first kappa shape index (κ1) is 16.0. The zero-order chi connectivity index (χ0) is 15.8. The topological polar surface area (TPSA) is 78.1 Å². The largest absolute Gasteiger partial charge is 0.459 e. The lowest BCUT2D eigenvalue weighted by Crippen LogP contribution is -2.25. The molecule has 2 rings (SSSR count).